The molecule has 0 saturated heterocycles. The molecule has 0 fully saturated rings. The van der Waals surface area contributed by atoms with Crippen LogP contribution in [0.3, 0.4) is 0 Å². The number of hydrogen-bond donors (Lipinski definition) is 6. The molecule has 134 valence electrons. The summed E-state index contributed by atoms with van der Waals surface area (Å²) in [4.78, 5) is 49.7. The number of rotatable bonds is 11. The third-order valence-corrected chi connectivity index (χ3v) is 5.38. The van der Waals surface area contributed by atoms with Gasteiger partial charge in [0.25, 0.3) is 0 Å². The Morgan fingerprint density at radius 3 is 1.70 bits per heavy atom. The quantitative estimate of drug-likeness (QED) is 0.211. The lowest BCUT2D eigenvalue weighted by Gasteiger charge is -2.39. The Hall–Kier alpha value is -0.830. The Kier molecular flexibility index (Phi) is 8.54. The standard InChI is InChI=1S/C11H22N2O8P2/c1-3-9(22(16,17)18)13(10(4-2)23(19,20)21)8(11(14)15)6-5-7-12/h3-4,8-10H,1-2,5-7,12H2,(H,14,15)(H2,16,17,18)(H2,19,20,21). The van der Waals surface area contributed by atoms with Crippen LogP contribution < -0.4 is 5.73 Å². The van der Waals surface area contributed by atoms with Gasteiger partial charge in [0, 0.05) is 0 Å². The van der Waals surface area contributed by atoms with Gasteiger partial charge in [-0.05, 0) is 19.4 Å². The van der Waals surface area contributed by atoms with Gasteiger partial charge in [0.05, 0.1) is 0 Å². The molecule has 0 rings (SSSR count). The summed E-state index contributed by atoms with van der Waals surface area (Å²) in [5, 5.41) is 9.33. The third kappa shape index (κ3) is 6.29. The average Bonchev–Trinajstić information content (AvgIpc) is 2.36. The molecule has 0 heterocycles. The molecular formula is C11H22N2O8P2. The van der Waals surface area contributed by atoms with Crippen molar-refractivity contribution in [3.63, 3.8) is 0 Å². The number of carboxylic acid groups (broad SMARTS) is 1. The normalized spacial score (nSPS) is 16.6. The van der Waals surface area contributed by atoms with Crippen LogP contribution in [0.25, 0.3) is 0 Å². The van der Waals surface area contributed by atoms with Gasteiger partial charge < -0.3 is 30.4 Å². The highest BCUT2D eigenvalue weighted by Crippen LogP contribution is 2.52. The third-order valence-electron chi connectivity index (χ3n) is 3.05. The zero-order valence-corrected chi connectivity index (χ0v) is 14.1. The van der Waals surface area contributed by atoms with E-state index in [9.17, 15) is 38.6 Å². The highest BCUT2D eigenvalue weighted by Gasteiger charge is 2.47. The molecule has 0 bridgehead atoms. The molecule has 7 N–H and O–H groups in total. The van der Waals surface area contributed by atoms with Crippen LogP contribution in [0.1, 0.15) is 12.8 Å². The van der Waals surface area contributed by atoms with Crippen LogP contribution in [0.4, 0.5) is 0 Å². The summed E-state index contributed by atoms with van der Waals surface area (Å²) in [6, 6.07) is -1.59. The summed E-state index contributed by atoms with van der Waals surface area (Å²) < 4.78 is 23.3. The van der Waals surface area contributed by atoms with Crippen LogP contribution in [0.15, 0.2) is 25.3 Å². The molecule has 0 aromatic carbocycles. The lowest BCUT2D eigenvalue weighted by molar-refractivity contribution is -0.144. The van der Waals surface area contributed by atoms with Crippen molar-refractivity contribution < 1.29 is 38.6 Å². The summed E-state index contributed by atoms with van der Waals surface area (Å²) in [5.41, 5.74) is 5.31. The van der Waals surface area contributed by atoms with Gasteiger partial charge >= 0.3 is 21.2 Å². The fraction of sp³-hybridized carbons (Fsp3) is 0.545. The predicted molar refractivity (Wildman–Crippen MR) is 83.6 cm³/mol. The SMILES string of the molecule is C=CC(N(C(CCCN)C(=O)O)C(C=C)P(=O)(O)O)P(=O)(O)O. The van der Waals surface area contributed by atoms with Crippen LogP contribution >= 0.6 is 15.2 Å². The Morgan fingerprint density at radius 1 is 1.09 bits per heavy atom. The molecule has 0 spiro atoms. The summed E-state index contributed by atoms with van der Waals surface area (Å²) >= 11 is 0. The molecule has 12 heteroatoms. The van der Waals surface area contributed by atoms with Crippen LogP contribution in [-0.4, -0.2) is 59.7 Å². The van der Waals surface area contributed by atoms with E-state index >= 15 is 0 Å². The van der Waals surface area contributed by atoms with Gasteiger partial charge in [-0.25, -0.2) is 0 Å². The highest BCUT2D eigenvalue weighted by atomic mass is 31.2. The van der Waals surface area contributed by atoms with Gasteiger partial charge in [0.1, 0.15) is 17.6 Å². The number of nitrogens with zero attached hydrogens (tertiary/aromatic N) is 1. The Morgan fingerprint density at radius 2 is 1.48 bits per heavy atom. The second-order valence-corrected chi connectivity index (χ2v) is 8.12. The Balaban J connectivity index is 6.19. The second kappa shape index (κ2) is 8.86. The first-order chi connectivity index (χ1) is 10.4. The maximum atomic E-state index is 11.6. The van der Waals surface area contributed by atoms with E-state index in [4.69, 9.17) is 5.73 Å². The number of nitrogens with two attached hydrogens (primary N) is 1. The molecule has 3 unspecified atom stereocenters. The first kappa shape index (κ1) is 22.2. The minimum atomic E-state index is -4.97. The van der Waals surface area contributed by atoms with Crippen LogP contribution in [-0.2, 0) is 13.9 Å². The van der Waals surface area contributed by atoms with Gasteiger partial charge in [-0.2, -0.15) is 0 Å². The summed E-state index contributed by atoms with van der Waals surface area (Å²) in [6.45, 7) is 6.56. The molecule has 23 heavy (non-hydrogen) atoms. The summed E-state index contributed by atoms with van der Waals surface area (Å²) in [6.07, 6.45) is 1.51. The van der Waals surface area contributed by atoms with Gasteiger partial charge in [-0.15, -0.1) is 13.2 Å². The van der Waals surface area contributed by atoms with Crippen molar-refractivity contribution in [2.24, 2.45) is 5.73 Å². The number of aliphatic carboxylic acids is 1. The fourth-order valence-corrected chi connectivity index (χ4v) is 4.06. The monoisotopic (exact) mass is 372 g/mol. The zero-order valence-electron chi connectivity index (χ0n) is 12.3. The molecule has 3 atom stereocenters. The first-order valence-corrected chi connectivity index (χ1v) is 9.84. The minimum Gasteiger partial charge on any atom is -0.480 e. The van der Waals surface area contributed by atoms with Crippen molar-refractivity contribution >= 4 is 21.2 Å². The number of carbonyl (C=O) groups is 1. The average molecular weight is 372 g/mol. The van der Waals surface area contributed by atoms with E-state index in [1.165, 1.54) is 0 Å². The largest absolute Gasteiger partial charge is 0.480 e. The predicted octanol–water partition coefficient (Wildman–Crippen LogP) is -0.140. The van der Waals surface area contributed by atoms with E-state index in [0.29, 0.717) is 4.90 Å². The van der Waals surface area contributed by atoms with Crippen molar-refractivity contribution in [1.29, 1.82) is 0 Å². The van der Waals surface area contributed by atoms with Crippen molar-refractivity contribution in [2.45, 2.75) is 30.4 Å². The lowest BCUT2D eigenvalue weighted by atomic mass is 10.1. The maximum absolute atomic E-state index is 11.6. The van der Waals surface area contributed by atoms with E-state index in [2.05, 4.69) is 13.2 Å². The molecule has 0 aromatic heterocycles. The molecule has 0 aliphatic rings. The van der Waals surface area contributed by atoms with Crippen molar-refractivity contribution in [2.75, 3.05) is 6.54 Å². The van der Waals surface area contributed by atoms with Gasteiger partial charge in [0.15, 0.2) is 0 Å². The zero-order chi connectivity index (χ0) is 18.4. The van der Waals surface area contributed by atoms with Gasteiger partial charge in [0.2, 0.25) is 0 Å². The van der Waals surface area contributed by atoms with E-state index in [1.54, 1.807) is 0 Å². The Bertz CT molecular complexity index is 494. The first-order valence-electron chi connectivity index (χ1n) is 6.47. The molecule has 0 radical (unpaired) electrons. The lowest BCUT2D eigenvalue weighted by Crippen LogP contribution is -2.51. The molecule has 0 saturated carbocycles. The highest BCUT2D eigenvalue weighted by molar-refractivity contribution is 7.53. The number of carboxylic acids is 1. The van der Waals surface area contributed by atoms with Crippen molar-refractivity contribution in [1.82, 2.24) is 4.90 Å². The van der Waals surface area contributed by atoms with Crippen LogP contribution in [0.5, 0.6) is 0 Å². The molecule has 10 nitrogen and oxygen atoms in total. The van der Waals surface area contributed by atoms with E-state index in [0.717, 1.165) is 12.2 Å². The molecule has 0 aliphatic carbocycles. The molecular weight excluding hydrogens is 350 g/mol. The van der Waals surface area contributed by atoms with E-state index in [1.807, 2.05) is 0 Å². The summed E-state index contributed by atoms with van der Waals surface area (Å²) in [5.74, 6) is -5.31. The second-order valence-electron chi connectivity index (χ2n) is 4.71. The van der Waals surface area contributed by atoms with Crippen LogP contribution in [0, 0.1) is 0 Å². The van der Waals surface area contributed by atoms with E-state index in [-0.39, 0.29) is 19.4 Å². The van der Waals surface area contributed by atoms with Gasteiger partial charge in [-0.3, -0.25) is 18.8 Å². The minimum absolute atomic E-state index is 0.0982. The smallest absolute Gasteiger partial charge is 0.346 e. The maximum Gasteiger partial charge on any atom is 0.346 e. The Labute approximate surface area is 133 Å². The molecule has 0 amide bonds. The number of hydrogen-bond acceptors (Lipinski definition) is 5. The van der Waals surface area contributed by atoms with E-state index < -0.39 is 38.8 Å². The van der Waals surface area contributed by atoms with Gasteiger partial charge in [-0.1, -0.05) is 12.2 Å². The fourth-order valence-electron chi connectivity index (χ4n) is 2.10. The topological polar surface area (TPSA) is 182 Å². The van der Waals surface area contributed by atoms with Crippen molar-refractivity contribution in [3.8, 4) is 0 Å². The van der Waals surface area contributed by atoms with Crippen molar-refractivity contribution in [3.05, 3.63) is 25.3 Å². The molecule has 0 aromatic rings. The van der Waals surface area contributed by atoms with Crippen LogP contribution in [0.2, 0.25) is 0 Å². The molecule has 0 aliphatic heterocycles. The summed E-state index contributed by atoms with van der Waals surface area (Å²) in [7, 11) is -9.94.